The molecule has 0 spiro atoms. The maximum absolute atomic E-state index is 13.8. The summed E-state index contributed by atoms with van der Waals surface area (Å²) in [6, 6.07) is 24.8. The van der Waals surface area contributed by atoms with Gasteiger partial charge >= 0.3 is 6.18 Å². The molecule has 0 aliphatic rings. The third kappa shape index (κ3) is 5.60. The molecule has 0 bridgehead atoms. The minimum atomic E-state index is -4.52. The fourth-order valence-corrected chi connectivity index (χ4v) is 5.22. The van der Waals surface area contributed by atoms with E-state index < -0.39 is 11.7 Å². The number of hydrogen-bond acceptors (Lipinski definition) is 2. The first-order chi connectivity index (χ1) is 18.2. The van der Waals surface area contributed by atoms with Gasteiger partial charge in [-0.15, -0.1) is 0 Å². The molecule has 0 amide bonds. The number of anilines is 1. The van der Waals surface area contributed by atoms with E-state index in [2.05, 4.69) is 10.3 Å². The molecule has 2 nitrogen and oxygen atoms in total. The molecule has 0 aliphatic heterocycles. The van der Waals surface area contributed by atoms with Crippen LogP contribution in [0.25, 0.3) is 22.0 Å². The van der Waals surface area contributed by atoms with E-state index in [1.54, 1.807) is 24.4 Å². The summed E-state index contributed by atoms with van der Waals surface area (Å²) < 4.78 is 41.5. The van der Waals surface area contributed by atoms with Gasteiger partial charge in [0, 0.05) is 28.8 Å². The molecule has 0 unspecified atom stereocenters. The lowest BCUT2D eigenvalue weighted by Crippen LogP contribution is -2.07. The van der Waals surface area contributed by atoms with E-state index in [0.29, 0.717) is 39.0 Å². The van der Waals surface area contributed by atoms with Crippen molar-refractivity contribution in [1.29, 1.82) is 0 Å². The van der Waals surface area contributed by atoms with Crippen molar-refractivity contribution in [3.63, 3.8) is 0 Å². The third-order valence-corrected chi connectivity index (χ3v) is 7.28. The quantitative estimate of drug-likeness (QED) is 0.205. The minimum Gasteiger partial charge on any atom is -0.381 e. The normalized spacial score (nSPS) is 11.6. The van der Waals surface area contributed by atoms with Gasteiger partial charge < -0.3 is 5.32 Å². The molecular formula is C30H20Cl3F3N2. The van der Waals surface area contributed by atoms with Gasteiger partial charge in [-0.25, -0.2) is 0 Å². The number of aromatic nitrogens is 1. The predicted octanol–water partition coefficient (Wildman–Crippen LogP) is 10.1. The Bertz CT molecular complexity index is 1620. The summed E-state index contributed by atoms with van der Waals surface area (Å²) in [5, 5.41) is 5.00. The van der Waals surface area contributed by atoms with Crippen LogP contribution in [0.15, 0.2) is 91.1 Å². The molecule has 5 rings (SSSR count). The number of hydrogen-bond donors (Lipinski definition) is 1. The van der Waals surface area contributed by atoms with E-state index in [0.717, 1.165) is 34.0 Å². The van der Waals surface area contributed by atoms with Gasteiger partial charge in [0.2, 0.25) is 0 Å². The molecule has 1 heterocycles. The molecule has 0 saturated carbocycles. The lowest BCUT2D eigenvalue weighted by molar-refractivity contribution is -0.136. The highest BCUT2D eigenvalue weighted by atomic mass is 35.5. The lowest BCUT2D eigenvalue weighted by Gasteiger charge is -2.17. The Hall–Kier alpha value is -3.25. The van der Waals surface area contributed by atoms with Crippen molar-refractivity contribution in [2.75, 3.05) is 5.32 Å². The van der Waals surface area contributed by atoms with Crippen molar-refractivity contribution in [3.05, 3.63) is 128 Å². The lowest BCUT2D eigenvalue weighted by atomic mass is 9.91. The van der Waals surface area contributed by atoms with E-state index >= 15 is 0 Å². The van der Waals surface area contributed by atoms with E-state index in [1.807, 2.05) is 54.6 Å². The van der Waals surface area contributed by atoms with Crippen LogP contribution >= 0.6 is 34.8 Å². The van der Waals surface area contributed by atoms with Gasteiger partial charge in [0.1, 0.15) is 0 Å². The number of alkyl halides is 3. The van der Waals surface area contributed by atoms with Crippen LogP contribution < -0.4 is 5.32 Å². The monoisotopic (exact) mass is 570 g/mol. The molecule has 0 atom stereocenters. The van der Waals surface area contributed by atoms with Crippen molar-refractivity contribution in [3.8, 4) is 11.1 Å². The Morgan fingerprint density at radius 3 is 2.32 bits per heavy atom. The number of nitrogens with zero attached hydrogens (tertiary/aromatic N) is 1. The summed E-state index contributed by atoms with van der Waals surface area (Å²) in [6.45, 7) is 0.356. The van der Waals surface area contributed by atoms with E-state index in [4.69, 9.17) is 34.8 Å². The van der Waals surface area contributed by atoms with Crippen molar-refractivity contribution in [2.24, 2.45) is 0 Å². The van der Waals surface area contributed by atoms with Crippen LogP contribution in [0.2, 0.25) is 15.1 Å². The third-order valence-electron chi connectivity index (χ3n) is 6.22. The van der Waals surface area contributed by atoms with Gasteiger partial charge in [-0.2, -0.15) is 13.2 Å². The second-order valence-electron chi connectivity index (χ2n) is 8.82. The molecule has 0 aliphatic carbocycles. The highest BCUT2D eigenvalue weighted by molar-refractivity contribution is 6.43. The summed E-state index contributed by atoms with van der Waals surface area (Å²) in [5.74, 6) is 0. The zero-order chi connectivity index (χ0) is 26.9. The molecule has 192 valence electrons. The van der Waals surface area contributed by atoms with Crippen LogP contribution in [0.1, 0.15) is 22.3 Å². The first-order valence-corrected chi connectivity index (χ1v) is 12.8. The molecular weight excluding hydrogens is 552 g/mol. The van der Waals surface area contributed by atoms with Crippen LogP contribution in [0, 0.1) is 0 Å². The maximum Gasteiger partial charge on any atom is 0.418 e. The Balaban J connectivity index is 1.60. The van der Waals surface area contributed by atoms with Crippen molar-refractivity contribution < 1.29 is 13.2 Å². The van der Waals surface area contributed by atoms with E-state index in [1.165, 1.54) is 6.07 Å². The first kappa shape index (κ1) is 26.4. The molecule has 0 radical (unpaired) electrons. The van der Waals surface area contributed by atoms with E-state index in [-0.39, 0.29) is 5.52 Å². The Morgan fingerprint density at radius 2 is 1.55 bits per heavy atom. The fourth-order valence-electron chi connectivity index (χ4n) is 4.50. The van der Waals surface area contributed by atoms with Crippen LogP contribution in [0.3, 0.4) is 0 Å². The molecule has 4 aromatic carbocycles. The molecule has 1 aromatic heterocycles. The Morgan fingerprint density at radius 1 is 0.789 bits per heavy atom. The average Bonchev–Trinajstić information content (AvgIpc) is 2.89. The highest BCUT2D eigenvalue weighted by Crippen LogP contribution is 2.39. The number of nitrogens with one attached hydrogen (secondary N) is 1. The first-order valence-electron chi connectivity index (χ1n) is 11.7. The number of benzene rings is 4. The van der Waals surface area contributed by atoms with Gasteiger partial charge in [-0.1, -0.05) is 89.4 Å². The second-order valence-corrected chi connectivity index (χ2v) is 10.0. The molecule has 8 heteroatoms. The van der Waals surface area contributed by atoms with Gasteiger partial charge in [0.25, 0.3) is 0 Å². The molecule has 38 heavy (non-hydrogen) atoms. The average molecular weight is 572 g/mol. The Kier molecular flexibility index (Phi) is 7.53. The number of halogens is 6. The van der Waals surface area contributed by atoms with Crippen LogP contribution in [0.4, 0.5) is 18.9 Å². The predicted molar refractivity (Wildman–Crippen MR) is 150 cm³/mol. The van der Waals surface area contributed by atoms with Crippen LogP contribution in [0.5, 0.6) is 0 Å². The second kappa shape index (κ2) is 10.9. The smallest absolute Gasteiger partial charge is 0.381 e. The van der Waals surface area contributed by atoms with Gasteiger partial charge in [0.15, 0.2) is 0 Å². The van der Waals surface area contributed by atoms with Crippen molar-refractivity contribution >= 4 is 51.4 Å². The van der Waals surface area contributed by atoms with Crippen molar-refractivity contribution in [1.82, 2.24) is 4.98 Å². The highest BCUT2D eigenvalue weighted by Gasteiger charge is 2.33. The molecule has 5 aromatic rings. The van der Waals surface area contributed by atoms with Crippen LogP contribution in [-0.4, -0.2) is 4.98 Å². The minimum absolute atomic E-state index is 0.0782. The largest absolute Gasteiger partial charge is 0.418 e. The standard InChI is InChI=1S/C30H20Cl3F3N2/c31-22-13-21(28(33)26(32)15-22)17-37-23-9-4-8-19(14-23)27-20(12-18-6-2-1-3-7-18)16-38-29-24(27)10-5-11-25(29)30(34,35)36/h1-11,13-16,37H,12,17H2. The summed E-state index contributed by atoms with van der Waals surface area (Å²) >= 11 is 18.6. The number of para-hydroxylation sites is 1. The molecule has 0 fully saturated rings. The van der Waals surface area contributed by atoms with E-state index in [9.17, 15) is 13.2 Å². The Labute approximate surface area is 233 Å². The fraction of sp³-hybridized carbons (Fsp3) is 0.100. The molecule has 1 N–H and O–H groups in total. The topological polar surface area (TPSA) is 24.9 Å². The number of fused-ring (bicyclic) bond motifs is 1. The number of rotatable bonds is 6. The van der Waals surface area contributed by atoms with Gasteiger partial charge in [-0.3, -0.25) is 4.98 Å². The van der Waals surface area contributed by atoms with Gasteiger partial charge in [0.05, 0.1) is 21.1 Å². The van der Waals surface area contributed by atoms with Crippen LogP contribution in [-0.2, 0) is 19.1 Å². The number of pyridine rings is 1. The summed E-state index contributed by atoms with van der Waals surface area (Å²) in [7, 11) is 0. The molecule has 0 saturated heterocycles. The maximum atomic E-state index is 13.8. The summed E-state index contributed by atoms with van der Waals surface area (Å²) in [6.07, 6.45) is -2.46. The summed E-state index contributed by atoms with van der Waals surface area (Å²) in [4.78, 5) is 4.28. The zero-order valence-electron chi connectivity index (χ0n) is 19.8. The van der Waals surface area contributed by atoms with Crippen molar-refractivity contribution in [2.45, 2.75) is 19.1 Å². The SMILES string of the molecule is FC(F)(F)c1cccc2c(-c3cccc(NCc4cc(Cl)cc(Cl)c4Cl)c3)c(Cc3ccccc3)cnc12. The van der Waals surface area contributed by atoms with Gasteiger partial charge in [-0.05, 0) is 64.6 Å². The summed E-state index contributed by atoms with van der Waals surface area (Å²) in [5.41, 5.74) is 3.98. The zero-order valence-corrected chi connectivity index (χ0v) is 22.1.